The lowest BCUT2D eigenvalue weighted by Crippen LogP contribution is -2.11. The summed E-state index contributed by atoms with van der Waals surface area (Å²) in [5, 5.41) is 17.7. The van der Waals surface area contributed by atoms with Gasteiger partial charge in [-0.1, -0.05) is 11.3 Å². The van der Waals surface area contributed by atoms with E-state index in [-0.39, 0.29) is 11.7 Å². The summed E-state index contributed by atoms with van der Waals surface area (Å²) in [5.41, 5.74) is 1.51. The zero-order valence-electron chi connectivity index (χ0n) is 13.9. The van der Waals surface area contributed by atoms with E-state index < -0.39 is 0 Å². The molecule has 0 unspecified atom stereocenters. The average Bonchev–Trinajstić information content (AvgIpc) is 2.85. The van der Waals surface area contributed by atoms with Crippen LogP contribution in [-0.2, 0) is 11.8 Å². The van der Waals surface area contributed by atoms with E-state index in [9.17, 15) is 9.90 Å². The number of ether oxygens (including phenoxy) is 2. The Labute approximate surface area is 143 Å². The minimum atomic E-state index is -0.357. The highest BCUT2D eigenvalue weighted by atomic mass is 32.1. The molecule has 128 valence electrons. The average molecular weight is 349 g/mol. The lowest BCUT2D eigenvalue weighted by molar-refractivity contribution is 0.0530. The van der Waals surface area contributed by atoms with Crippen LogP contribution >= 0.6 is 11.3 Å². The molecule has 1 heterocycles. The number of aromatic nitrogens is 1. The van der Waals surface area contributed by atoms with Gasteiger partial charge in [-0.05, 0) is 37.6 Å². The number of phenols is 1. The minimum Gasteiger partial charge on any atom is -0.504 e. The molecule has 1 aromatic heterocycles. The smallest absolute Gasteiger partial charge is 0.350 e. The molecule has 0 aliphatic carbocycles. The van der Waals surface area contributed by atoms with Gasteiger partial charge in [0.1, 0.15) is 4.88 Å². The first kappa shape index (κ1) is 17.7. The first-order valence-corrected chi connectivity index (χ1v) is 8.07. The van der Waals surface area contributed by atoms with Crippen LogP contribution in [0.1, 0.15) is 27.9 Å². The summed E-state index contributed by atoms with van der Waals surface area (Å²) in [6, 6.07) is 4.87. The minimum absolute atomic E-state index is 0.0611. The van der Waals surface area contributed by atoms with E-state index in [0.29, 0.717) is 22.0 Å². The van der Waals surface area contributed by atoms with Crippen LogP contribution < -0.4 is 9.54 Å². The van der Waals surface area contributed by atoms with Gasteiger partial charge in [0.2, 0.25) is 4.80 Å². The summed E-state index contributed by atoms with van der Waals surface area (Å²) in [5.74, 6) is 0.0660. The molecule has 0 atom stereocenters. The van der Waals surface area contributed by atoms with E-state index >= 15 is 0 Å². The zero-order valence-corrected chi connectivity index (χ0v) is 14.8. The van der Waals surface area contributed by atoms with Gasteiger partial charge in [-0.3, -0.25) is 0 Å². The zero-order chi connectivity index (χ0) is 17.7. The maximum atomic E-state index is 11.9. The third kappa shape index (κ3) is 3.83. The maximum absolute atomic E-state index is 11.9. The molecule has 2 aromatic rings. The molecule has 0 spiro atoms. The highest BCUT2D eigenvalue weighted by Gasteiger charge is 2.15. The molecule has 7 nitrogen and oxygen atoms in total. The topological polar surface area (TPSA) is 85.4 Å². The van der Waals surface area contributed by atoms with Gasteiger partial charge in [0.15, 0.2) is 11.5 Å². The Bertz CT molecular complexity index is 836. The fraction of sp³-hybridized carbons (Fsp3) is 0.312. The number of thiazole rings is 1. The van der Waals surface area contributed by atoms with Crippen LogP contribution in [0, 0.1) is 6.92 Å². The van der Waals surface area contributed by atoms with Crippen LogP contribution in [0.3, 0.4) is 0 Å². The third-order valence-electron chi connectivity index (χ3n) is 3.33. The number of carbonyl (C=O) groups excluding carboxylic acids is 1. The van der Waals surface area contributed by atoms with Gasteiger partial charge in [0.25, 0.3) is 0 Å². The summed E-state index contributed by atoms with van der Waals surface area (Å²) >= 11 is 1.22. The van der Waals surface area contributed by atoms with Crippen LogP contribution in [0.4, 0.5) is 0 Å². The fourth-order valence-corrected chi connectivity index (χ4v) is 2.89. The highest BCUT2D eigenvalue weighted by molar-refractivity contribution is 7.11. The Morgan fingerprint density at radius 2 is 2.21 bits per heavy atom. The van der Waals surface area contributed by atoms with E-state index in [4.69, 9.17) is 9.47 Å². The van der Waals surface area contributed by atoms with Crippen molar-refractivity contribution in [2.24, 2.45) is 17.3 Å². The van der Waals surface area contributed by atoms with Crippen LogP contribution in [0.15, 0.2) is 28.4 Å². The van der Waals surface area contributed by atoms with Gasteiger partial charge in [-0.2, -0.15) is 5.10 Å². The van der Waals surface area contributed by atoms with Crippen molar-refractivity contribution in [3.63, 3.8) is 0 Å². The number of hydrogen-bond donors (Lipinski definition) is 1. The predicted octanol–water partition coefficient (Wildman–Crippen LogP) is 2.22. The van der Waals surface area contributed by atoms with Crippen molar-refractivity contribution >= 4 is 23.5 Å². The van der Waals surface area contributed by atoms with Crippen molar-refractivity contribution < 1.29 is 19.4 Å². The van der Waals surface area contributed by atoms with Gasteiger partial charge in [0, 0.05) is 12.7 Å². The number of benzene rings is 1. The van der Waals surface area contributed by atoms with Gasteiger partial charge in [0.05, 0.1) is 19.9 Å². The second-order valence-electron chi connectivity index (χ2n) is 4.85. The third-order valence-corrected chi connectivity index (χ3v) is 4.53. The predicted molar refractivity (Wildman–Crippen MR) is 91.8 cm³/mol. The molecule has 0 amide bonds. The molecular weight excluding hydrogens is 330 g/mol. The SMILES string of the molecule is CCOC(=O)c1s/c(=N\N=C\c2ccc(O)c(OC)c2)n(C)c1C. The highest BCUT2D eigenvalue weighted by Crippen LogP contribution is 2.25. The number of rotatable bonds is 5. The van der Waals surface area contributed by atoms with Crippen molar-refractivity contribution in [3.8, 4) is 11.5 Å². The van der Waals surface area contributed by atoms with Crippen molar-refractivity contribution in [2.45, 2.75) is 13.8 Å². The maximum Gasteiger partial charge on any atom is 0.350 e. The van der Waals surface area contributed by atoms with Crippen molar-refractivity contribution in [3.05, 3.63) is 39.1 Å². The molecule has 1 N–H and O–H groups in total. The number of phenolic OH excluding ortho intramolecular Hbond substituents is 1. The molecule has 0 saturated carbocycles. The molecule has 0 fully saturated rings. The number of methoxy groups -OCH3 is 1. The molecule has 8 heteroatoms. The summed E-state index contributed by atoms with van der Waals surface area (Å²) in [7, 11) is 3.29. The number of aromatic hydroxyl groups is 1. The first-order valence-electron chi connectivity index (χ1n) is 7.25. The molecule has 2 rings (SSSR count). The van der Waals surface area contributed by atoms with Gasteiger partial charge >= 0.3 is 5.97 Å². The molecule has 0 bridgehead atoms. The van der Waals surface area contributed by atoms with E-state index in [1.807, 2.05) is 14.0 Å². The van der Waals surface area contributed by atoms with Crippen LogP contribution in [0.2, 0.25) is 0 Å². The summed E-state index contributed by atoms with van der Waals surface area (Å²) < 4.78 is 11.9. The molecule has 0 aliphatic rings. The van der Waals surface area contributed by atoms with Gasteiger partial charge < -0.3 is 19.1 Å². The molecule has 0 aliphatic heterocycles. The van der Waals surface area contributed by atoms with Crippen molar-refractivity contribution in [1.29, 1.82) is 0 Å². The van der Waals surface area contributed by atoms with Gasteiger partial charge in [-0.25, -0.2) is 4.79 Å². The lowest BCUT2D eigenvalue weighted by atomic mass is 10.2. The van der Waals surface area contributed by atoms with E-state index in [0.717, 1.165) is 11.3 Å². The molecule has 24 heavy (non-hydrogen) atoms. The lowest BCUT2D eigenvalue weighted by Gasteiger charge is -2.02. The standard InChI is InChI=1S/C16H19N3O4S/c1-5-23-15(21)14-10(2)19(3)16(24-14)18-17-9-11-6-7-12(20)13(8-11)22-4/h6-9,20H,5H2,1-4H3/b17-9+,18-16-. The summed E-state index contributed by atoms with van der Waals surface area (Å²) in [6.07, 6.45) is 1.54. The van der Waals surface area contributed by atoms with Crippen molar-refractivity contribution in [2.75, 3.05) is 13.7 Å². The van der Waals surface area contributed by atoms with E-state index in [1.54, 1.807) is 29.8 Å². The Morgan fingerprint density at radius 1 is 1.46 bits per heavy atom. The van der Waals surface area contributed by atoms with E-state index in [2.05, 4.69) is 10.2 Å². The van der Waals surface area contributed by atoms with Crippen LogP contribution in [0.25, 0.3) is 0 Å². The first-order chi connectivity index (χ1) is 11.5. The Balaban J connectivity index is 2.29. The fourth-order valence-electron chi connectivity index (χ4n) is 1.92. The second-order valence-corrected chi connectivity index (χ2v) is 5.83. The number of nitrogens with zero attached hydrogens (tertiary/aromatic N) is 3. The molecule has 1 aromatic carbocycles. The van der Waals surface area contributed by atoms with Gasteiger partial charge in [-0.15, -0.1) is 5.10 Å². The number of carbonyl (C=O) groups is 1. The Hall–Kier alpha value is -2.61. The van der Waals surface area contributed by atoms with E-state index in [1.165, 1.54) is 24.5 Å². The summed E-state index contributed by atoms with van der Waals surface area (Å²) in [6.45, 7) is 3.92. The Morgan fingerprint density at radius 3 is 2.88 bits per heavy atom. The quantitative estimate of drug-likeness (QED) is 0.509. The Kier molecular flexibility index (Phi) is 5.75. The molecule has 0 saturated heterocycles. The normalized spacial score (nSPS) is 11.9. The molecule has 0 radical (unpaired) electrons. The summed E-state index contributed by atoms with van der Waals surface area (Å²) in [4.78, 5) is 13.0. The number of esters is 1. The van der Waals surface area contributed by atoms with Crippen LogP contribution in [-0.4, -0.2) is 35.6 Å². The number of hydrogen-bond acceptors (Lipinski definition) is 7. The molecular formula is C16H19N3O4S. The second kappa shape index (κ2) is 7.78. The largest absolute Gasteiger partial charge is 0.504 e. The van der Waals surface area contributed by atoms with Crippen molar-refractivity contribution in [1.82, 2.24) is 4.57 Å². The van der Waals surface area contributed by atoms with Crippen LogP contribution in [0.5, 0.6) is 11.5 Å². The monoisotopic (exact) mass is 349 g/mol.